The van der Waals surface area contributed by atoms with Gasteiger partial charge >= 0.3 is 0 Å². The minimum Gasteiger partial charge on any atom is -0.485 e. The Bertz CT molecular complexity index is 672. The fraction of sp³-hybridized carbons (Fsp3) is 0.294. The molecule has 0 saturated heterocycles. The lowest BCUT2D eigenvalue weighted by molar-refractivity contribution is 0.149. The molecule has 1 N–H and O–H groups in total. The lowest BCUT2D eigenvalue weighted by Gasteiger charge is -2.32. The summed E-state index contributed by atoms with van der Waals surface area (Å²) >= 11 is 0. The molecule has 21 heavy (non-hydrogen) atoms. The number of ether oxygens (including phenoxy) is 1. The molecule has 0 saturated carbocycles. The Labute approximate surface area is 122 Å². The summed E-state index contributed by atoms with van der Waals surface area (Å²) in [5.74, 6) is -0.169. The monoisotopic (exact) mass is 289 g/mol. The van der Waals surface area contributed by atoms with Gasteiger partial charge in [0.1, 0.15) is 23.5 Å². The van der Waals surface area contributed by atoms with E-state index in [4.69, 9.17) is 4.74 Å². The minimum atomic E-state index is -0.492. The van der Waals surface area contributed by atoms with Crippen LogP contribution in [0.4, 0.5) is 8.78 Å². The number of nitrogens with one attached hydrogen (secondary N) is 1. The first-order valence-corrected chi connectivity index (χ1v) is 6.98. The van der Waals surface area contributed by atoms with Gasteiger partial charge in [0.25, 0.3) is 0 Å². The zero-order chi connectivity index (χ0) is 15.0. The summed E-state index contributed by atoms with van der Waals surface area (Å²) in [6, 6.07) is 9.44. The van der Waals surface area contributed by atoms with E-state index in [2.05, 4.69) is 11.4 Å². The van der Waals surface area contributed by atoms with Crippen molar-refractivity contribution in [3.63, 3.8) is 0 Å². The largest absolute Gasteiger partial charge is 0.485 e. The average molecular weight is 289 g/mol. The smallest absolute Gasteiger partial charge is 0.130 e. The number of benzene rings is 2. The van der Waals surface area contributed by atoms with Crippen molar-refractivity contribution in [3.05, 3.63) is 64.7 Å². The first-order chi connectivity index (χ1) is 10.1. The number of halogens is 2. The summed E-state index contributed by atoms with van der Waals surface area (Å²) in [6.45, 7) is 2.02. The first-order valence-electron chi connectivity index (χ1n) is 6.98. The number of hydrogen-bond acceptors (Lipinski definition) is 2. The molecule has 0 bridgehead atoms. The molecule has 2 nitrogen and oxygen atoms in total. The lowest BCUT2D eigenvalue weighted by atomic mass is 9.92. The fourth-order valence-electron chi connectivity index (χ4n) is 2.82. The van der Waals surface area contributed by atoms with Crippen molar-refractivity contribution in [1.82, 2.24) is 5.32 Å². The van der Waals surface area contributed by atoms with Crippen molar-refractivity contribution >= 4 is 0 Å². The molecule has 0 spiro atoms. The summed E-state index contributed by atoms with van der Waals surface area (Å²) in [7, 11) is 1.86. The maximum absolute atomic E-state index is 14.0. The molecule has 1 heterocycles. The van der Waals surface area contributed by atoms with Gasteiger partial charge in [0, 0.05) is 23.6 Å². The summed E-state index contributed by atoms with van der Waals surface area (Å²) in [4.78, 5) is 0. The summed E-state index contributed by atoms with van der Waals surface area (Å²) < 4.78 is 33.2. The van der Waals surface area contributed by atoms with Crippen LogP contribution in [0.5, 0.6) is 5.75 Å². The van der Waals surface area contributed by atoms with E-state index in [1.807, 2.05) is 26.1 Å². The number of aryl methyl sites for hydroxylation is 1. The van der Waals surface area contributed by atoms with Crippen molar-refractivity contribution < 1.29 is 13.5 Å². The van der Waals surface area contributed by atoms with Gasteiger partial charge in [0.05, 0.1) is 0 Å². The number of fused-ring (bicyclic) bond motifs is 1. The van der Waals surface area contributed by atoms with E-state index in [1.54, 1.807) is 0 Å². The van der Waals surface area contributed by atoms with Crippen molar-refractivity contribution in [2.45, 2.75) is 25.5 Å². The van der Waals surface area contributed by atoms with Crippen LogP contribution in [0.2, 0.25) is 0 Å². The molecule has 2 aromatic carbocycles. The molecule has 0 aliphatic carbocycles. The third kappa shape index (κ3) is 2.63. The van der Waals surface area contributed by atoms with Crippen LogP contribution in [0.15, 0.2) is 36.4 Å². The zero-order valence-electron chi connectivity index (χ0n) is 12.0. The molecule has 3 rings (SSSR count). The van der Waals surface area contributed by atoms with Crippen LogP contribution in [0.3, 0.4) is 0 Å². The maximum Gasteiger partial charge on any atom is 0.130 e. The number of hydrogen-bond donors (Lipinski definition) is 1. The second kappa shape index (κ2) is 5.45. The molecule has 1 aliphatic rings. The highest BCUT2D eigenvalue weighted by molar-refractivity contribution is 5.42. The molecule has 0 radical (unpaired) electrons. The van der Waals surface area contributed by atoms with Gasteiger partial charge in [-0.2, -0.15) is 0 Å². The third-order valence-corrected chi connectivity index (χ3v) is 3.91. The van der Waals surface area contributed by atoms with Crippen molar-refractivity contribution in [2.75, 3.05) is 7.05 Å². The quantitative estimate of drug-likeness (QED) is 0.900. The molecule has 110 valence electrons. The van der Waals surface area contributed by atoms with Crippen molar-refractivity contribution in [2.24, 2.45) is 0 Å². The zero-order valence-corrected chi connectivity index (χ0v) is 12.0. The van der Waals surface area contributed by atoms with Crippen LogP contribution < -0.4 is 10.1 Å². The second-order valence-corrected chi connectivity index (χ2v) is 5.39. The molecule has 0 aromatic heterocycles. The van der Waals surface area contributed by atoms with Gasteiger partial charge in [-0.25, -0.2) is 8.78 Å². The van der Waals surface area contributed by atoms with E-state index in [0.29, 0.717) is 6.42 Å². The second-order valence-electron chi connectivity index (χ2n) is 5.39. The van der Waals surface area contributed by atoms with Crippen LogP contribution in [0.25, 0.3) is 0 Å². The van der Waals surface area contributed by atoms with Gasteiger partial charge in [-0.15, -0.1) is 0 Å². The van der Waals surface area contributed by atoms with Crippen molar-refractivity contribution in [1.29, 1.82) is 0 Å². The Morgan fingerprint density at radius 2 is 1.90 bits per heavy atom. The Morgan fingerprint density at radius 1 is 1.10 bits per heavy atom. The van der Waals surface area contributed by atoms with Gasteiger partial charge in [-0.3, -0.25) is 0 Å². The Kier molecular flexibility index (Phi) is 3.64. The van der Waals surface area contributed by atoms with Crippen LogP contribution in [0, 0.1) is 18.6 Å². The summed E-state index contributed by atoms with van der Waals surface area (Å²) in [6.07, 6.45) is 0.0706. The molecular weight excluding hydrogens is 272 g/mol. The molecule has 1 aliphatic heterocycles. The van der Waals surface area contributed by atoms with E-state index >= 15 is 0 Å². The highest BCUT2D eigenvalue weighted by Gasteiger charge is 2.30. The molecule has 4 heteroatoms. The fourth-order valence-corrected chi connectivity index (χ4v) is 2.82. The third-order valence-electron chi connectivity index (χ3n) is 3.91. The van der Waals surface area contributed by atoms with Gasteiger partial charge in [-0.1, -0.05) is 17.7 Å². The van der Waals surface area contributed by atoms with E-state index in [-0.39, 0.29) is 11.6 Å². The summed E-state index contributed by atoms with van der Waals surface area (Å²) in [5, 5.41) is 3.22. The van der Waals surface area contributed by atoms with Gasteiger partial charge in [0.15, 0.2) is 0 Å². The van der Waals surface area contributed by atoms with E-state index in [0.717, 1.165) is 29.0 Å². The molecule has 2 atom stereocenters. The molecule has 0 fully saturated rings. The average Bonchev–Trinajstić information content (AvgIpc) is 2.48. The Hall–Kier alpha value is -1.94. The first kappa shape index (κ1) is 14.0. The lowest BCUT2D eigenvalue weighted by Crippen LogP contribution is -2.27. The van der Waals surface area contributed by atoms with E-state index in [1.165, 1.54) is 6.07 Å². The van der Waals surface area contributed by atoms with Crippen LogP contribution in [-0.4, -0.2) is 7.05 Å². The predicted octanol–water partition coefficient (Wildman–Crippen LogP) is 4.06. The van der Waals surface area contributed by atoms with Gasteiger partial charge < -0.3 is 10.1 Å². The van der Waals surface area contributed by atoms with E-state index < -0.39 is 17.7 Å². The summed E-state index contributed by atoms with van der Waals surface area (Å²) in [5.41, 5.74) is 2.47. The van der Waals surface area contributed by atoms with Gasteiger partial charge in [-0.05, 0) is 38.2 Å². The van der Waals surface area contributed by atoms with Gasteiger partial charge in [0.2, 0.25) is 0 Å². The minimum absolute atomic E-state index is 0.0568. The normalized spacial score (nSPS) is 20.8. The van der Waals surface area contributed by atoms with Crippen LogP contribution >= 0.6 is 0 Å². The number of rotatable bonds is 2. The topological polar surface area (TPSA) is 21.3 Å². The molecule has 2 unspecified atom stereocenters. The SMILES string of the molecule is CNC1CC(c2cc(F)ccc2F)Oc2ccc(C)cc21. The molecular formula is C17H17F2NO. The van der Waals surface area contributed by atoms with Crippen LogP contribution in [-0.2, 0) is 0 Å². The highest BCUT2D eigenvalue weighted by Crippen LogP contribution is 2.41. The van der Waals surface area contributed by atoms with E-state index in [9.17, 15) is 8.78 Å². The Balaban J connectivity index is 2.00. The highest BCUT2D eigenvalue weighted by atomic mass is 19.1. The van der Waals surface area contributed by atoms with Crippen molar-refractivity contribution in [3.8, 4) is 5.75 Å². The molecule has 0 amide bonds. The Morgan fingerprint density at radius 3 is 2.67 bits per heavy atom. The standard InChI is InChI=1S/C17H17F2NO/c1-10-3-6-16-13(7-10)15(20-2)9-17(21-16)12-8-11(18)4-5-14(12)19/h3-8,15,17,20H,9H2,1-2H3. The predicted molar refractivity (Wildman–Crippen MR) is 77.3 cm³/mol. The molecule has 2 aromatic rings. The van der Waals surface area contributed by atoms with Crippen LogP contribution in [0.1, 0.15) is 35.3 Å². The maximum atomic E-state index is 14.0.